The van der Waals surface area contributed by atoms with Crippen molar-refractivity contribution >= 4 is 52.0 Å². The molecule has 30 heavy (non-hydrogen) atoms. The summed E-state index contributed by atoms with van der Waals surface area (Å²) in [5.41, 5.74) is 6.10. The molecule has 0 spiro atoms. The summed E-state index contributed by atoms with van der Waals surface area (Å²) in [6.07, 6.45) is -3.31. The monoisotopic (exact) mass is 502 g/mol. The fourth-order valence-corrected chi connectivity index (χ4v) is 7.81. The van der Waals surface area contributed by atoms with Crippen LogP contribution in [0.4, 0.5) is 5.82 Å². The SMILES string of the molecule is Nc1ncnc2c1ncn2[C@@H]1O[C@H](COP(=O)([O-])CP(=O)([O-])O[PH+]([O-])[S-])[C@@H](O)[C@H]1O. The van der Waals surface area contributed by atoms with E-state index >= 15 is 0 Å². The summed E-state index contributed by atoms with van der Waals surface area (Å²) < 4.78 is 38.6. The topological polar surface area (TPSA) is 241 Å². The summed E-state index contributed by atoms with van der Waals surface area (Å²) in [6.45, 7) is -0.817. The van der Waals surface area contributed by atoms with E-state index in [1.165, 1.54) is 10.9 Å². The minimum Gasteiger partial charge on any atom is -0.778 e. The summed E-state index contributed by atoms with van der Waals surface area (Å²) in [5, 5.41) is 20.5. The third-order valence-corrected chi connectivity index (χ3v) is 9.69. The van der Waals surface area contributed by atoms with E-state index in [1.807, 2.05) is 0 Å². The maximum atomic E-state index is 11.9. The Morgan fingerprint density at radius 1 is 1.27 bits per heavy atom. The fraction of sp³-hybridized carbons (Fsp3) is 0.545. The molecule has 0 radical (unpaired) electrons. The van der Waals surface area contributed by atoms with E-state index in [4.69, 9.17) is 10.5 Å². The molecule has 19 heteroatoms. The van der Waals surface area contributed by atoms with Crippen LogP contribution in [0.15, 0.2) is 12.7 Å². The number of hydrogen-bond donors (Lipinski definition) is 3. The lowest BCUT2D eigenvalue weighted by atomic mass is 10.1. The van der Waals surface area contributed by atoms with Gasteiger partial charge in [0, 0.05) is 0 Å². The highest BCUT2D eigenvalue weighted by molar-refractivity contribution is 8.29. The van der Waals surface area contributed by atoms with Gasteiger partial charge in [0.2, 0.25) is 0 Å². The predicted octanol–water partition coefficient (Wildman–Crippen LogP) is -3.01. The van der Waals surface area contributed by atoms with Crippen molar-refractivity contribution in [2.75, 3.05) is 18.2 Å². The lowest BCUT2D eigenvalue weighted by Crippen LogP contribution is -2.34. The first-order chi connectivity index (χ1) is 13.9. The molecule has 0 aliphatic carbocycles. The molecule has 2 aromatic heterocycles. The smallest absolute Gasteiger partial charge is 0.186 e. The van der Waals surface area contributed by atoms with Gasteiger partial charge in [0.05, 0.1) is 18.8 Å². The van der Waals surface area contributed by atoms with Crippen LogP contribution in [0.1, 0.15) is 6.23 Å². The lowest BCUT2D eigenvalue weighted by molar-refractivity contribution is -0.209. The van der Waals surface area contributed by atoms with Gasteiger partial charge in [-0.15, -0.1) is 0 Å². The minimum absolute atomic E-state index is 0.0740. The maximum Gasteiger partial charge on any atom is 0.186 e. The molecule has 0 saturated carbocycles. The molecular formula is C11H15N5O10P3S-3. The lowest BCUT2D eigenvalue weighted by Gasteiger charge is -2.33. The van der Waals surface area contributed by atoms with Gasteiger partial charge >= 0.3 is 0 Å². The largest absolute Gasteiger partial charge is 0.778 e. The summed E-state index contributed by atoms with van der Waals surface area (Å²) in [4.78, 5) is 45.8. The number of rotatable bonds is 8. The van der Waals surface area contributed by atoms with E-state index < -0.39 is 59.8 Å². The van der Waals surface area contributed by atoms with Crippen LogP contribution in [0.25, 0.3) is 11.2 Å². The van der Waals surface area contributed by atoms with Gasteiger partial charge in [0.1, 0.15) is 37.8 Å². The molecule has 1 aliphatic heterocycles. The molecule has 0 aromatic carbocycles. The second-order valence-electron chi connectivity index (χ2n) is 6.13. The molecule has 15 nitrogen and oxygen atoms in total. The zero-order chi connectivity index (χ0) is 22.3. The first-order valence-corrected chi connectivity index (χ1v) is 13.9. The van der Waals surface area contributed by atoms with Crippen LogP contribution in [-0.2, 0) is 34.9 Å². The highest BCUT2D eigenvalue weighted by Gasteiger charge is 2.45. The number of fused-ring (bicyclic) bond motifs is 1. The molecule has 168 valence electrons. The van der Waals surface area contributed by atoms with Gasteiger partial charge in [0.15, 0.2) is 25.3 Å². The highest BCUT2D eigenvalue weighted by atomic mass is 32.7. The molecule has 7 atom stereocenters. The van der Waals surface area contributed by atoms with Gasteiger partial charge < -0.3 is 61.3 Å². The maximum absolute atomic E-state index is 11.9. The van der Waals surface area contributed by atoms with Crippen molar-refractivity contribution < 1.29 is 47.6 Å². The van der Waals surface area contributed by atoms with Gasteiger partial charge in [-0.3, -0.25) is 4.57 Å². The zero-order valence-electron chi connectivity index (χ0n) is 14.7. The van der Waals surface area contributed by atoms with E-state index in [0.29, 0.717) is 0 Å². The predicted molar refractivity (Wildman–Crippen MR) is 98.5 cm³/mol. The quantitative estimate of drug-likeness (QED) is 0.240. The van der Waals surface area contributed by atoms with E-state index in [-0.39, 0.29) is 17.0 Å². The average molecular weight is 502 g/mol. The van der Waals surface area contributed by atoms with E-state index in [0.717, 1.165) is 6.33 Å². The van der Waals surface area contributed by atoms with Crippen LogP contribution in [0, 0.1) is 0 Å². The number of nitrogens with two attached hydrogens (primary N) is 1. The standard InChI is InChI=1S/C11H17N5O10P3S/c12-9-6-10(14-2-13-9)16(3-15-6)11-8(18)7(17)5(25-11)1-24-28(20,21)4-29(22,23)26-27(19)30/h2-3,5,7-8,11,17-18,27H,1,4H2,(H,20,21)(H,22,23)(H2,12,13,14)/q-1/p-2/t5-,7-,8-,11-/m1/s1. The van der Waals surface area contributed by atoms with Crippen LogP contribution in [0.2, 0.25) is 0 Å². The Balaban J connectivity index is 1.69. The first kappa shape index (κ1) is 23.9. The normalized spacial score (nSPS) is 29.5. The van der Waals surface area contributed by atoms with Gasteiger partial charge in [-0.05, 0) is 7.58 Å². The Morgan fingerprint density at radius 2 is 1.97 bits per heavy atom. The van der Waals surface area contributed by atoms with Crippen molar-refractivity contribution in [3.8, 4) is 0 Å². The molecule has 0 amide bonds. The second-order valence-corrected chi connectivity index (χ2v) is 12.2. The van der Waals surface area contributed by atoms with Crippen molar-refractivity contribution in [2.45, 2.75) is 24.5 Å². The van der Waals surface area contributed by atoms with Crippen LogP contribution in [0.3, 0.4) is 0 Å². The van der Waals surface area contributed by atoms with E-state index in [2.05, 4.69) is 36.0 Å². The highest BCUT2D eigenvalue weighted by Crippen LogP contribution is 2.58. The number of hydrogen-bond acceptors (Lipinski definition) is 15. The third kappa shape index (κ3) is 5.36. The van der Waals surface area contributed by atoms with Crippen LogP contribution in [-0.4, -0.2) is 60.6 Å². The van der Waals surface area contributed by atoms with Crippen LogP contribution < -0.4 is 20.4 Å². The second kappa shape index (κ2) is 9.02. The summed E-state index contributed by atoms with van der Waals surface area (Å²) in [6, 6.07) is 0. The molecular weight excluding hydrogens is 487 g/mol. The average Bonchev–Trinajstić information content (AvgIpc) is 3.14. The van der Waals surface area contributed by atoms with Gasteiger partial charge in [-0.2, -0.15) is 0 Å². The summed E-state index contributed by atoms with van der Waals surface area (Å²) in [5.74, 6) is -1.52. The number of aliphatic hydroxyl groups is 2. The van der Waals surface area contributed by atoms with Crippen molar-refractivity contribution in [2.24, 2.45) is 0 Å². The molecule has 1 aliphatic rings. The molecule has 3 heterocycles. The Hall–Kier alpha value is -0.730. The van der Waals surface area contributed by atoms with Gasteiger partial charge in [0.25, 0.3) is 0 Å². The van der Waals surface area contributed by atoms with Gasteiger partial charge in [-0.25, -0.2) is 19.3 Å². The molecule has 1 fully saturated rings. The number of aromatic nitrogens is 4. The van der Waals surface area contributed by atoms with E-state index in [9.17, 15) is 34.0 Å². The minimum atomic E-state index is -5.06. The number of ether oxygens (including phenoxy) is 1. The molecule has 2 aromatic rings. The molecule has 1 saturated heterocycles. The van der Waals surface area contributed by atoms with Crippen molar-refractivity contribution in [3.05, 3.63) is 12.7 Å². The number of nitrogen functional groups attached to an aromatic ring is 1. The third-order valence-electron chi connectivity index (χ3n) is 3.99. The fourth-order valence-electron chi connectivity index (χ4n) is 2.74. The number of anilines is 1. The van der Waals surface area contributed by atoms with Crippen molar-refractivity contribution in [1.29, 1.82) is 0 Å². The van der Waals surface area contributed by atoms with Crippen LogP contribution >= 0.6 is 22.8 Å². The first-order valence-electron chi connectivity index (χ1n) is 8.00. The Labute approximate surface area is 175 Å². The van der Waals surface area contributed by atoms with Crippen molar-refractivity contribution in [1.82, 2.24) is 19.5 Å². The summed E-state index contributed by atoms with van der Waals surface area (Å²) in [7, 11) is -13.4. The molecule has 0 bridgehead atoms. The van der Waals surface area contributed by atoms with E-state index in [1.54, 1.807) is 0 Å². The molecule has 3 rings (SSSR count). The number of aliphatic hydroxyl groups excluding tert-OH is 2. The number of nitrogens with zero attached hydrogens (tertiary/aromatic N) is 4. The zero-order valence-corrected chi connectivity index (χ0v) is 18.3. The van der Waals surface area contributed by atoms with Crippen LogP contribution in [0.5, 0.6) is 0 Å². The van der Waals surface area contributed by atoms with Gasteiger partial charge in [-0.1, -0.05) is 0 Å². The Kier molecular flexibility index (Phi) is 7.20. The molecule has 3 unspecified atom stereocenters. The Bertz CT molecular complexity index is 1010. The van der Waals surface area contributed by atoms with Crippen molar-refractivity contribution in [3.63, 3.8) is 0 Å². The molecule has 4 N–H and O–H groups in total. The Morgan fingerprint density at radius 3 is 2.63 bits per heavy atom. The number of imidazole rings is 1. The summed E-state index contributed by atoms with van der Waals surface area (Å²) >= 11 is 4.10.